The van der Waals surface area contributed by atoms with Crippen LogP contribution in [0.5, 0.6) is 0 Å². The van der Waals surface area contributed by atoms with Crippen molar-refractivity contribution in [3.05, 3.63) is 35.1 Å². The lowest BCUT2D eigenvalue weighted by molar-refractivity contribution is -0.153. The second-order valence-electron chi connectivity index (χ2n) is 14.8. The van der Waals surface area contributed by atoms with E-state index in [1.807, 2.05) is 11.8 Å². The molecular formula is C37H47F3N2O2S2. The van der Waals surface area contributed by atoms with Crippen LogP contribution in [-0.4, -0.2) is 27.7 Å². The maximum Gasteiger partial charge on any atom is 0.325 e. The van der Waals surface area contributed by atoms with E-state index in [9.17, 15) is 28.5 Å². The van der Waals surface area contributed by atoms with Gasteiger partial charge in [0.2, 0.25) is 0 Å². The van der Waals surface area contributed by atoms with Crippen molar-refractivity contribution in [1.82, 2.24) is 0 Å². The van der Waals surface area contributed by atoms with Crippen LogP contribution in [0, 0.1) is 81.5 Å². The van der Waals surface area contributed by atoms with Gasteiger partial charge in [0, 0.05) is 16.9 Å². The first kappa shape index (κ1) is 34.0. The van der Waals surface area contributed by atoms with Crippen molar-refractivity contribution in [2.24, 2.45) is 41.4 Å². The first-order valence-corrected chi connectivity index (χ1v) is 19.7. The number of benzene rings is 1. The van der Waals surface area contributed by atoms with Crippen molar-refractivity contribution in [3.8, 4) is 12.1 Å². The van der Waals surface area contributed by atoms with Crippen LogP contribution < -0.4 is 0 Å². The van der Waals surface area contributed by atoms with Gasteiger partial charge >= 0.3 is 5.97 Å². The number of halogens is 3. The minimum atomic E-state index is -1.40. The molecule has 1 aromatic carbocycles. The first-order chi connectivity index (χ1) is 22.3. The Hall–Kier alpha value is -1.84. The van der Waals surface area contributed by atoms with Gasteiger partial charge in [-0.15, -0.1) is 23.5 Å². The fraction of sp³-hybridized carbons (Fsp3) is 0.757. The zero-order valence-electron chi connectivity index (χ0n) is 26.7. The highest BCUT2D eigenvalue weighted by Crippen LogP contribution is 2.50. The number of nitrogens with zero attached hydrogens (tertiary/aromatic N) is 2. The lowest BCUT2D eigenvalue weighted by Crippen LogP contribution is -2.33. The van der Waals surface area contributed by atoms with E-state index in [2.05, 4.69) is 12.1 Å². The van der Waals surface area contributed by atoms with Gasteiger partial charge in [0.25, 0.3) is 0 Å². The zero-order valence-corrected chi connectivity index (χ0v) is 28.3. The molecule has 1 saturated heterocycles. The molecule has 5 fully saturated rings. The molecule has 0 radical (unpaired) electrons. The largest absolute Gasteiger partial charge is 0.461 e. The number of hydrogen-bond acceptors (Lipinski definition) is 6. The minimum Gasteiger partial charge on any atom is -0.461 e. The van der Waals surface area contributed by atoms with E-state index in [4.69, 9.17) is 4.74 Å². The number of nitriles is 2. The molecule has 0 bridgehead atoms. The summed E-state index contributed by atoms with van der Waals surface area (Å²) in [6, 6.07) is 7.05. The Kier molecular flexibility index (Phi) is 11.5. The highest BCUT2D eigenvalue weighted by molar-refractivity contribution is 8.20. The molecule has 1 heterocycles. The van der Waals surface area contributed by atoms with Crippen molar-refractivity contribution < 1.29 is 22.7 Å². The molecule has 1 aliphatic heterocycles. The van der Waals surface area contributed by atoms with Gasteiger partial charge in [-0.25, -0.2) is 13.2 Å². The number of hydrogen-bond donors (Lipinski definition) is 0. The van der Waals surface area contributed by atoms with E-state index in [1.54, 1.807) is 11.8 Å². The average molecular weight is 673 g/mol. The van der Waals surface area contributed by atoms with E-state index in [0.29, 0.717) is 28.6 Å². The fourth-order valence-electron chi connectivity index (χ4n) is 9.45. The topological polar surface area (TPSA) is 73.9 Å². The highest BCUT2D eigenvalue weighted by atomic mass is 32.2. The van der Waals surface area contributed by atoms with Gasteiger partial charge in [-0.3, -0.25) is 4.79 Å². The number of rotatable bonds is 7. The van der Waals surface area contributed by atoms with E-state index in [-0.39, 0.29) is 28.5 Å². The molecule has 0 spiro atoms. The van der Waals surface area contributed by atoms with Crippen LogP contribution in [0.1, 0.15) is 114 Å². The number of thioether (sulfide) groups is 2. The quantitative estimate of drug-likeness (QED) is 0.212. The lowest BCUT2D eigenvalue weighted by Gasteiger charge is -2.38. The number of carbonyl (C=O) groups excluding carboxylic acids is 1. The molecule has 1 aromatic rings. The molecule has 3 unspecified atom stereocenters. The average Bonchev–Trinajstić information content (AvgIpc) is 3.58. The third-order valence-electron chi connectivity index (χ3n) is 12.3. The Labute approximate surface area is 281 Å². The molecule has 9 heteroatoms. The van der Waals surface area contributed by atoms with Gasteiger partial charge in [0.1, 0.15) is 6.10 Å². The summed E-state index contributed by atoms with van der Waals surface area (Å²) in [6.45, 7) is 0. The van der Waals surface area contributed by atoms with Gasteiger partial charge < -0.3 is 4.74 Å². The molecule has 4 aliphatic carbocycles. The van der Waals surface area contributed by atoms with Gasteiger partial charge in [0.15, 0.2) is 23.4 Å². The molecule has 4 saturated carbocycles. The Morgan fingerprint density at radius 2 is 1.24 bits per heavy atom. The fourth-order valence-corrected chi connectivity index (χ4v) is 13.2. The molecule has 6 rings (SSSR count). The van der Waals surface area contributed by atoms with Crippen LogP contribution in [-0.2, 0) is 9.53 Å². The number of carbonyl (C=O) groups is 1. The van der Waals surface area contributed by atoms with E-state index in [1.165, 1.54) is 38.5 Å². The maximum atomic E-state index is 13.7. The molecule has 0 amide bonds. The summed E-state index contributed by atoms with van der Waals surface area (Å²) in [5.41, 5.74) is 0.556. The monoisotopic (exact) mass is 672 g/mol. The van der Waals surface area contributed by atoms with Crippen LogP contribution in [0.3, 0.4) is 0 Å². The summed E-state index contributed by atoms with van der Waals surface area (Å²) in [6.07, 6.45) is 16.7. The highest BCUT2D eigenvalue weighted by Gasteiger charge is 2.43. The van der Waals surface area contributed by atoms with Gasteiger partial charge in [-0.1, -0.05) is 0 Å². The van der Waals surface area contributed by atoms with Crippen LogP contribution in [0.4, 0.5) is 13.2 Å². The second kappa shape index (κ2) is 15.6. The van der Waals surface area contributed by atoms with E-state index >= 15 is 0 Å². The number of esters is 1. The minimum absolute atomic E-state index is 0.0582. The normalized spacial score (nSPS) is 37.5. The van der Waals surface area contributed by atoms with Crippen LogP contribution in [0.25, 0.3) is 0 Å². The van der Waals surface area contributed by atoms with Crippen molar-refractivity contribution in [2.45, 2.75) is 125 Å². The molecule has 0 aromatic heterocycles. The summed E-state index contributed by atoms with van der Waals surface area (Å²) in [5.74, 6) is -0.0412. The third-order valence-corrected chi connectivity index (χ3v) is 15.8. The van der Waals surface area contributed by atoms with Crippen molar-refractivity contribution in [2.75, 3.05) is 5.75 Å². The predicted molar refractivity (Wildman–Crippen MR) is 176 cm³/mol. The summed E-state index contributed by atoms with van der Waals surface area (Å²) in [7, 11) is 0. The van der Waals surface area contributed by atoms with Crippen molar-refractivity contribution in [1.29, 1.82) is 10.5 Å². The predicted octanol–water partition coefficient (Wildman–Crippen LogP) is 9.93. The lowest BCUT2D eigenvalue weighted by atomic mass is 9.69. The Morgan fingerprint density at radius 3 is 1.78 bits per heavy atom. The SMILES string of the molecule is N#CC1CCC(C2CCC(C3CSC(C(C#N)C(=O)OC4CCC(C5CCC(c6cc(F)c(F)c(F)c6)CC5)CC4)S3)CC2)CC1. The van der Waals surface area contributed by atoms with Gasteiger partial charge in [-0.05, 0) is 156 Å². The Bertz CT molecular complexity index is 1260. The Morgan fingerprint density at radius 1 is 0.739 bits per heavy atom. The van der Waals surface area contributed by atoms with Gasteiger partial charge in [0.05, 0.1) is 16.7 Å². The summed E-state index contributed by atoms with van der Waals surface area (Å²) >= 11 is 3.61. The van der Waals surface area contributed by atoms with Crippen LogP contribution in [0.15, 0.2) is 12.1 Å². The third kappa shape index (κ3) is 7.89. The molecule has 0 N–H and O–H groups in total. The molecular weight excluding hydrogens is 626 g/mol. The maximum absolute atomic E-state index is 13.7. The first-order valence-electron chi connectivity index (χ1n) is 17.7. The van der Waals surface area contributed by atoms with Crippen molar-refractivity contribution >= 4 is 29.5 Å². The summed E-state index contributed by atoms with van der Waals surface area (Å²) in [5, 5.41) is 19.7. The molecule has 5 aliphatic rings. The summed E-state index contributed by atoms with van der Waals surface area (Å²) < 4.78 is 46.8. The molecule has 46 heavy (non-hydrogen) atoms. The molecule has 3 atom stereocenters. The van der Waals surface area contributed by atoms with Gasteiger partial charge in [-0.2, -0.15) is 10.5 Å². The zero-order chi connectivity index (χ0) is 32.2. The standard InChI is InChI=1S/C37H47F3N2O2S2/c38-32-17-29(18-33(39)35(32)40)27-7-5-24(6-8-27)26-13-15-30(16-14-26)44-36(43)31(20-42)37-45-21-34(46-37)28-11-9-25(10-12-28)23-3-1-22(19-41)2-4-23/h17-18,22-28,30-31,34,37H,1-16,21H2. The molecule has 250 valence electrons. The second-order valence-corrected chi connectivity index (χ2v) is 17.6. The molecule has 4 nitrogen and oxygen atoms in total. The van der Waals surface area contributed by atoms with Crippen LogP contribution in [0.2, 0.25) is 0 Å². The van der Waals surface area contributed by atoms with Crippen LogP contribution >= 0.6 is 23.5 Å². The van der Waals surface area contributed by atoms with Crippen molar-refractivity contribution in [3.63, 3.8) is 0 Å². The number of ether oxygens (including phenoxy) is 1. The summed E-state index contributed by atoms with van der Waals surface area (Å²) in [4.78, 5) is 13.2. The Balaban J connectivity index is 0.904. The van der Waals surface area contributed by atoms with E-state index in [0.717, 1.165) is 93.9 Å². The smallest absolute Gasteiger partial charge is 0.325 e. The van der Waals surface area contributed by atoms with E-state index < -0.39 is 23.4 Å².